The van der Waals surface area contributed by atoms with E-state index in [1.54, 1.807) is 38.1 Å². The lowest BCUT2D eigenvalue weighted by atomic mass is 10.3. The molecule has 0 aliphatic rings. The molecule has 0 radical (unpaired) electrons. The second-order valence-corrected chi connectivity index (χ2v) is 5.73. The van der Waals surface area contributed by atoms with Crippen LogP contribution >= 0.6 is 0 Å². The molecular formula is C11H19N3O2S. The predicted octanol–water partition coefficient (Wildman–Crippen LogP) is 0.744. The van der Waals surface area contributed by atoms with Gasteiger partial charge in [-0.05, 0) is 38.1 Å². The minimum absolute atomic E-state index is 0.116. The lowest BCUT2D eigenvalue weighted by molar-refractivity contribution is 0.570. The Bertz CT molecular complexity index is 440. The summed E-state index contributed by atoms with van der Waals surface area (Å²) in [6.45, 7) is 4.77. The van der Waals surface area contributed by atoms with Gasteiger partial charge in [-0.2, -0.15) is 0 Å². The standard InChI is InChI=1S/C11H19N3O2S/c1-9(2)14-17(15,16)11-5-3-10(4-6-11)13-8-7-12/h3-6,9,13-14H,7-8,12H2,1-2H3. The van der Waals surface area contributed by atoms with Gasteiger partial charge >= 0.3 is 0 Å². The molecule has 0 atom stereocenters. The molecule has 0 spiro atoms. The van der Waals surface area contributed by atoms with Crippen LogP contribution in [0.3, 0.4) is 0 Å². The van der Waals surface area contributed by atoms with Crippen molar-refractivity contribution in [1.29, 1.82) is 0 Å². The summed E-state index contributed by atoms with van der Waals surface area (Å²) in [6, 6.07) is 6.48. The van der Waals surface area contributed by atoms with Gasteiger partial charge in [-0.15, -0.1) is 0 Å². The first-order valence-electron chi connectivity index (χ1n) is 5.52. The monoisotopic (exact) mass is 257 g/mol. The molecule has 1 aromatic carbocycles. The van der Waals surface area contributed by atoms with Crippen molar-refractivity contribution < 1.29 is 8.42 Å². The van der Waals surface area contributed by atoms with Crippen molar-refractivity contribution in [2.75, 3.05) is 18.4 Å². The van der Waals surface area contributed by atoms with Crippen LogP contribution in [0.1, 0.15) is 13.8 Å². The fraction of sp³-hybridized carbons (Fsp3) is 0.455. The van der Waals surface area contributed by atoms with Gasteiger partial charge in [0.2, 0.25) is 10.0 Å². The van der Waals surface area contributed by atoms with Gasteiger partial charge in [0.25, 0.3) is 0 Å². The van der Waals surface area contributed by atoms with Crippen molar-refractivity contribution in [1.82, 2.24) is 4.72 Å². The number of nitrogens with two attached hydrogens (primary N) is 1. The lowest BCUT2D eigenvalue weighted by Crippen LogP contribution is -2.30. The molecule has 0 bridgehead atoms. The van der Waals surface area contributed by atoms with E-state index in [2.05, 4.69) is 10.0 Å². The zero-order chi connectivity index (χ0) is 12.9. The van der Waals surface area contributed by atoms with Crippen molar-refractivity contribution in [2.45, 2.75) is 24.8 Å². The Morgan fingerprint density at radius 3 is 2.29 bits per heavy atom. The third kappa shape index (κ3) is 4.33. The molecule has 0 saturated heterocycles. The molecule has 0 unspecified atom stereocenters. The molecule has 17 heavy (non-hydrogen) atoms. The van der Waals surface area contributed by atoms with E-state index in [1.165, 1.54) is 0 Å². The van der Waals surface area contributed by atoms with Gasteiger partial charge in [0.15, 0.2) is 0 Å². The van der Waals surface area contributed by atoms with E-state index in [0.717, 1.165) is 5.69 Å². The molecule has 0 aliphatic carbocycles. The van der Waals surface area contributed by atoms with E-state index in [9.17, 15) is 8.42 Å². The SMILES string of the molecule is CC(C)NS(=O)(=O)c1ccc(NCCN)cc1. The molecule has 0 fully saturated rings. The van der Waals surface area contributed by atoms with Gasteiger partial charge in [-0.25, -0.2) is 13.1 Å². The van der Waals surface area contributed by atoms with Crippen molar-refractivity contribution in [3.63, 3.8) is 0 Å². The maximum atomic E-state index is 11.8. The Balaban J connectivity index is 2.80. The Hall–Kier alpha value is -1.11. The Kier molecular flexibility index (Phi) is 4.92. The van der Waals surface area contributed by atoms with E-state index in [0.29, 0.717) is 13.1 Å². The van der Waals surface area contributed by atoms with E-state index >= 15 is 0 Å². The zero-order valence-electron chi connectivity index (χ0n) is 10.1. The smallest absolute Gasteiger partial charge is 0.240 e. The number of hydrogen-bond acceptors (Lipinski definition) is 4. The van der Waals surface area contributed by atoms with Crippen LogP contribution in [0.4, 0.5) is 5.69 Å². The van der Waals surface area contributed by atoms with Crippen LogP contribution < -0.4 is 15.8 Å². The second-order valence-electron chi connectivity index (χ2n) is 4.02. The number of sulfonamides is 1. The van der Waals surface area contributed by atoms with Crippen molar-refractivity contribution >= 4 is 15.7 Å². The van der Waals surface area contributed by atoms with Crippen molar-refractivity contribution in [2.24, 2.45) is 5.73 Å². The molecule has 1 rings (SSSR count). The summed E-state index contributed by atoms with van der Waals surface area (Å²) in [4.78, 5) is 0.268. The highest BCUT2D eigenvalue weighted by molar-refractivity contribution is 7.89. The van der Waals surface area contributed by atoms with Crippen LogP contribution in [-0.4, -0.2) is 27.5 Å². The van der Waals surface area contributed by atoms with Crippen LogP contribution in [0.25, 0.3) is 0 Å². The van der Waals surface area contributed by atoms with Crippen LogP contribution in [0.5, 0.6) is 0 Å². The van der Waals surface area contributed by atoms with E-state index < -0.39 is 10.0 Å². The molecule has 5 nitrogen and oxygen atoms in total. The van der Waals surface area contributed by atoms with Crippen molar-refractivity contribution in [3.05, 3.63) is 24.3 Å². The summed E-state index contributed by atoms with van der Waals surface area (Å²) in [7, 11) is -3.40. The van der Waals surface area contributed by atoms with Crippen LogP contribution in [0.2, 0.25) is 0 Å². The third-order valence-electron chi connectivity index (χ3n) is 2.03. The third-order valence-corrected chi connectivity index (χ3v) is 3.70. The molecular weight excluding hydrogens is 238 g/mol. The fourth-order valence-corrected chi connectivity index (χ4v) is 2.60. The highest BCUT2D eigenvalue weighted by Crippen LogP contribution is 2.13. The fourth-order valence-electron chi connectivity index (χ4n) is 1.35. The van der Waals surface area contributed by atoms with Crippen LogP contribution in [0.15, 0.2) is 29.2 Å². The van der Waals surface area contributed by atoms with E-state index in [4.69, 9.17) is 5.73 Å². The Morgan fingerprint density at radius 2 is 1.82 bits per heavy atom. The largest absolute Gasteiger partial charge is 0.384 e. The summed E-state index contributed by atoms with van der Waals surface area (Å²) in [6.07, 6.45) is 0. The molecule has 0 heterocycles. The normalized spacial score (nSPS) is 11.8. The van der Waals surface area contributed by atoms with Gasteiger partial charge in [-0.3, -0.25) is 0 Å². The first kappa shape index (κ1) is 14.0. The first-order chi connectivity index (χ1) is 7.95. The number of rotatable bonds is 6. The highest BCUT2D eigenvalue weighted by Gasteiger charge is 2.14. The summed E-state index contributed by atoms with van der Waals surface area (Å²) in [5, 5.41) is 3.07. The van der Waals surface area contributed by atoms with E-state index in [-0.39, 0.29) is 10.9 Å². The number of anilines is 1. The lowest BCUT2D eigenvalue weighted by Gasteiger charge is -2.10. The maximum Gasteiger partial charge on any atom is 0.240 e. The summed E-state index contributed by atoms with van der Waals surface area (Å²) in [5.74, 6) is 0. The molecule has 4 N–H and O–H groups in total. The van der Waals surface area contributed by atoms with Gasteiger partial charge in [0.05, 0.1) is 4.90 Å². The second kappa shape index (κ2) is 6.00. The van der Waals surface area contributed by atoms with Gasteiger partial charge in [0.1, 0.15) is 0 Å². The molecule has 96 valence electrons. The number of benzene rings is 1. The minimum Gasteiger partial charge on any atom is -0.384 e. The highest BCUT2D eigenvalue weighted by atomic mass is 32.2. The van der Waals surface area contributed by atoms with Crippen molar-refractivity contribution in [3.8, 4) is 0 Å². The molecule has 0 amide bonds. The zero-order valence-corrected chi connectivity index (χ0v) is 10.9. The topological polar surface area (TPSA) is 84.2 Å². The molecule has 1 aromatic rings. The Morgan fingerprint density at radius 1 is 1.24 bits per heavy atom. The first-order valence-corrected chi connectivity index (χ1v) is 7.00. The quantitative estimate of drug-likeness (QED) is 0.702. The van der Waals surface area contributed by atoms with Crippen LogP contribution in [0, 0.1) is 0 Å². The molecule has 0 aromatic heterocycles. The average Bonchev–Trinajstić information content (AvgIpc) is 2.25. The maximum absolute atomic E-state index is 11.8. The van der Waals surface area contributed by atoms with E-state index in [1.807, 2.05) is 0 Å². The summed E-state index contributed by atoms with van der Waals surface area (Å²) in [5.41, 5.74) is 6.22. The van der Waals surface area contributed by atoms with Gasteiger partial charge < -0.3 is 11.1 Å². The predicted molar refractivity (Wildman–Crippen MR) is 69.4 cm³/mol. The van der Waals surface area contributed by atoms with Gasteiger partial charge in [0, 0.05) is 24.8 Å². The average molecular weight is 257 g/mol. The Labute approximate surface area is 102 Å². The summed E-state index contributed by atoms with van der Waals surface area (Å²) < 4.78 is 26.2. The molecule has 0 saturated carbocycles. The number of nitrogens with one attached hydrogen (secondary N) is 2. The van der Waals surface area contributed by atoms with Gasteiger partial charge in [-0.1, -0.05) is 0 Å². The molecule has 0 aliphatic heterocycles. The minimum atomic E-state index is -3.40. The van der Waals surface area contributed by atoms with Crippen LogP contribution in [-0.2, 0) is 10.0 Å². The number of hydrogen-bond donors (Lipinski definition) is 3. The molecule has 6 heteroatoms. The summed E-state index contributed by atoms with van der Waals surface area (Å²) >= 11 is 0.